The predicted octanol–water partition coefficient (Wildman–Crippen LogP) is 6.88. The molecule has 0 aromatic heterocycles. The lowest BCUT2D eigenvalue weighted by Gasteiger charge is -2.34. The maximum Gasteiger partial charge on any atom is 0.264 e. The molecule has 4 aromatic carbocycles. The fourth-order valence-electron chi connectivity index (χ4n) is 4.69. The van der Waals surface area contributed by atoms with E-state index < -0.39 is 34.3 Å². The minimum atomic E-state index is -4.33. The highest BCUT2D eigenvalue weighted by atomic mass is 35.5. The minimum absolute atomic E-state index is 0.0552. The van der Waals surface area contributed by atoms with Crippen LogP contribution in [-0.2, 0) is 32.6 Å². The molecule has 0 aliphatic carbocycles. The van der Waals surface area contributed by atoms with Gasteiger partial charge in [0.15, 0.2) is 0 Å². The molecule has 0 radical (unpaired) electrons. The number of carbonyl (C=O) groups is 2. The molecule has 0 bridgehead atoms. The van der Waals surface area contributed by atoms with E-state index in [1.165, 1.54) is 4.90 Å². The van der Waals surface area contributed by atoms with Crippen molar-refractivity contribution in [1.82, 2.24) is 10.2 Å². The summed E-state index contributed by atoms with van der Waals surface area (Å²) in [4.78, 5) is 29.5. The zero-order valence-corrected chi connectivity index (χ0v) is 27.2. The Labute approximate surface area is 273 Å². The summed E-state index contributed by atoms with van der Waals surface area (Å²) in [7, 11) is -4.33. The first-order valence-corrected chi connectivity index (χ1v) is 16.6. The fraction of sp³-hybridized carbons (Fsp3) is 0.235. The van der Waals surface area contributed by atoms with Gasteiger partial charge in [-0.1, -0.05) is 84.7 Å². The van der Waals surface area contributed by atoms with E-state index in [0.717, 1.165) is 34.1 Å². The molecular formula is C34H34Cl2FN3O4S. The van der Waals surface area contributed by atoms with Gasteiger partial charge in [-0.25, -0.2) is 12.8 Å². The third-order valence-corrected chi connectivity index (χ3v) is 9.86. The van der Waals surface area contributed by atoms with Gasteiger partial charge in [0, 0.05) is 19.0 Å². The van der Waals surface area contributed by atoms with E-state index >= 15 is 0 Å². The Kier molecular flexibility index (Phi) is 11.6. The summed E-state index contributed by atoms with van der Waals surface area (Å²) in [6, 6.07) is 25.5. The summed E-state index contributed by atoms with van der Waals surface area (Å²) in [5.74, 6) is -1.61. The van der Waals surface area contributed by atoms with E-state index in [2.05, 4.69) is 5.32 Å². The van der Waals surface area contributed by atoms with E-state index in [1.807, 2.05) is 44.2 Å². The summed E-state index contributed by atoms with van der Waals surface area (Å²) >= 11 is 12.5. The van der Waals surface area contributed by atoms with E-state index in [1.54, 1.807) is 48.5 Å². The van der Waals surface area contributed by atoms with Gasteiger partial charge < -0.3 is 10.2 Å². The number of benzene rings is 4. The van der Waals surface area contributed by atoms with Gasteiger partial charge >= 0.3 is 0 Å². The molecule has 11 heteroatoms. The molecule has 236 valence electrons. The standard InChI is InChI=1S/C34H34Cl2FN3O4S/c1-3-24(2)38-34(42)32(21-25-10-6-4-7-11-25)39(22-26-14-19-30(35)31(36)20-26)33(41)23-40(28-12-8-5-9-13-28)45(43,44)29-17-15-27(37)16-18-29/h4-20,24,32H,3,21-23H2,1-2H3,(H,38,42)/t24-,32-/m1/s1. The number of sulfonamides is 1. The number of hydrogen-bond acceptors (Lipinski definition) is 4. The molecule has 0 unspecified atom stereocenters. The average Bonchev–Trinajstić information content (AvgIpc) is 3.04. The lowest BCUT2D eigenvalue weighted by Crippen LogP contribution is -2.54. The monoisotopic (exact) mass is 669 g/mol. The molecular weight excluding hydrogens is 636 g/mol. The van der Waals surface area contributed by atoms with Crippen LogP contribution >= 0.6 is 23.2 Å². The van der Waals surface area contributed by atoms with Crippen molar-refractivity contribution in [1.29, 1.82) is 0 Å². The number of rotatable bonds is 13. The van der Waals surface area contributed by atoms with Gasteiger partial charge in [0.05, 0.1) is 20.6 Å². The third kappa shape index (κ3) is 8.84. The van der Waals surface area contributed by atoms with Crippen molar-refractivity contribution in [3.8, 4) is 0 Å². The molecule has 0 saturated carbocycles. The molecule has 0 saturated heterocycles. The van der Waals surface area contributed by atoms with Gasteiger partial charge in [-0.3, -0.25) is 13.9 Å². The van der Waals surface area contributed by atoms with Crippen molar-refractivity contribution in [2.24, 2.45) is 0 Å². The first-order chi connectivity index (χ1) is 21.5. The molecule has 45 heavy (non-hydrogen) atoms. The smallest absolute Gasteiger partial charge is 0.264 e. The molecule has 0 fully saturated rings. The maximum absolute atomic E-state index is 14.4. The average molecular weight is 671 g/mol. The van der Waals surface area contributed by atoms with Crippen LogP contribution in [-0.4, -0.2) is 43.8 Å². The highest BCUT2D eigenvalue weighted by Crippen LogP contribution is 2.27. The second kappa shape index (κ2) is 15.4. The Morgan fingerprint density at radius 3 is 2.07 bits per heavy atom. The van der Waals surface area contributed by atoms with Crippen LogP contribution in [0.5, 0.6) is 0 Å². The van der Waals surface area contributed by atoms with Crippen molar-refractivity contribution in [3.63, 3.8) is 0 Å². The summed E-state index contributed by atoms with van der Waals surface area (Å²) in [5.41, 5.74) is 1.64. The van der Waals surface area contributed by atoms with Crippen LogP contribution < -0.4 is 9.62 Å². The molecule has 0 heterocycles. The number of amides is 2. The van der Waals surface area contributed by atoms with Crippen LogP contribution in [0.15, 0.2) is 108 Å². The summed E-state index contributed by atoms with van der Waals surface area (Å²) in [5, 5.41) is 3.59. The molecule has 1 N–H and O–H groups in total. The van der Waals surface area contributed by atoms with Gasteiger partial charge in [0.2, 0.25) is 11.8 Å². The summed E-state index contributed by atoms with van der Waals surface area (Å²) in [6.07, 6.45) is 0.842. The van der Waals surface area contributed by atoms with E-state index in [4.69, 9.17) is 23.2 Å². The first kappa shape index (κ1) is 34.0. The molecule has 7 nitrogen and oxygen atoms in total. The van der Waals surface area contributed by atoms with Crippen molar-refractivity contribution >= 4 is 50.7 Å². The number of nitrogens with zero attached hydrogens (tertiary/aromatic N) is 2. The quantitative estimate of drug-likeness (QED) is 0.168. The van der Waals surface area contributed by atoms with Crippen LogP contribution in [0, 0.1) is 5.82 Å². The van der Waals surface area contributed by atoms with Crippen molar-refractivity contribution in [2.75, 3.05) is 10.8 Å². The van der Waals surface area contributed by atoms with Crippen LogP contribution in [0.25, 0.3) is 0 Å². The highest BCUT2D eigenvalue weighted by Gasteiger charge is 2.35. The second-order valence-corrected chi connectivity index (χ2v) is 13.3. The topological polar surface area (TPSA) is 86.8 Å². The Hall–Kier alpha value is -3.92. The SMILES string of the molecule is CC[C@@H](C)NC(=O)[C@@H](Cc1ccccc1)N(Cc1ccc(Cl)c(Cl)c1)C(=O)CN(c1ccccc1)S(=O)(=O)c1ccc(F)cc1. The number of halogens is 3. The van der Waals surface area contributed by atoms with Crippen molar-refractivity contribution in [3.05, 3.63) is 130 Å². The van der Waals surface area contributed by atoms with Crippen LogP contribution in [0.4, 0.5) is 10.1 Å². The van der Waals surface area contributed by atoms with Crippen molar-refractivity contribution in [2.45, 2.75) is 50.2 Å². The van der Waals surface area contributed by atoms with Gasteiger partial charge in [-0.15, -0.1) is 0 Å². The lowest BCUT2D eigenvalue weighted by molar-refractivity contribution is -0.140. The van der Waals surface area contributed by atoms with Crippen LogP contribution in [0.3, 0.4) is 0 Å². The van der Waals surface area contributed by atoms with Gasteiger partial charge in [0.1, 0.15) is 18.4 Å². The normalized spacial score (nSPS) is 12.6. The Bertz CT molecular complexity index is 1710. The second-order valence-electron chi connectivity index (χ2n) is 10.6. The molecule has 0 aliphatic heterocycles. The van der Waals surface area contributed by atoms with E-state index in [9.17, 15) is 22.4 Å². The number of para-hydroxylation sites is 1. The van der Waals surface area contributed by atoms with Crippen LogP contribution in [0.1, 0.15) is 31.4 Å². The highest BCUT2D eigenvalue weighted by molar-refractivity contribution is 7.92. The van der Waals surface area contributed by atoms with Crippen molar-refractivity contribution < 1.29 is 22.4 Å². The third-order valence-electron chi connectivity index (χ3n) is 7.33. The number of carbonyl (C=O) groups excluding carboxylic acids is 2. The fourth-order valence-corrected chi connectivity index (χ4v) is 6.42. The largest absolute Gasteiger partial charge is 0.352 e. The number of hydrogen-bond donors (Lipinski definition) is 1. The molecule has 4 rings (SSSR count). The molecule has 0 aliphatic rings. The minimum Gasteiger partial charge on any atom is -0.352 e. The molecule has 0 spiro atoms. The lowest BCUT2D eigenvalue weighted by atomic mass is 10.0. The number of nitrogens with one attached hydrogen (secondary N) is 1. The Balaban J connectivity index is 1.80. The Morgan fingerprint density at radius 2 is 1.47 bits per heavy atom. The summed E-state index contributed by atoms with van der Waals surface area (Å²) < 4.78 is 42.6. The van der Waals surface area contributed by atoms with E-state index in [-0.39, 0.29) is 40.5 Å². The zero-order chi connectivity index (χ0) is 32.6. The van der Waals surface area contributed by atoms with Gasteiger partial charge in [0.25, 0.3) is 10.0 Å². The van der Waals surface area contributed by atoms with Gasteiger partial charge in [-0.05, 0) is 73.0 Å². The molecule has 4 aromatic rings. The Morgan fingerprint density at radius 1 is 0.844 bits per heavy atom. The van der Waals surface area contributed by atoms with Crippen LogP contribution in [0.2, 0.25) is 10.0 Å². The molecule has 2 amide bonds. The maximum atomic E-state index is 14.4. The first-order valence-electron chi connectivity index (χ1n) is 14.4. The summed E-state index contributed by atoms with van der Waals surface area (Å²) in [6.45, 7) is 3.12. The van der Waals surface area contributed by atoms with E-state index in [0.29, 0.717) is 17.0 Å². The van der Waals surface area contributed by atoms with Gasteiger partial charge in [-0.2, -0.15) is 0 Å². The number of anilines is 1. The zero-order valence-electron chi connectivity index (χ0n) is 24.9. The molecule has 2 atom stereocenters. The predicted molar refractivity (Wildman–Crippen MR) is 176 cm³/mol.